The van der Waals surface area contributed by atoms with Crippen LogP contribution >= 0.6 is 0 Å². The molecule has 0 aliphatic carbocycles. The summed E-state index contributed by atoms with van der Waals surface area (Å²) in [4.78, 5) is 33.0. The highest BCUT2D eigenvalue weighted by Crippen LogP contribution is 2.17. The Morgan fingerprint density at radius 2 is 1.41 bits per heavy atom. The number of non-ortho nitro benzene ring substituents is 1. The standard InChI is InChI=1S/C15H13N3O4/c1-10(19)16-12-4-2-11(3-5-12)15(20)17-13-6-8-14(9-7-13)18(21)22/h2-9H,1H3,(H,16,19)(H,17,20). The van der Waals surface area contributed by atoms with Crippen LogP contribution in [0.5, 0.6) is 0 Å². The minimum atomic E-state index is -0.508. The van der Waals surface area contributed by atoms with E-state index in [9.17, 15) is 19.7 Å². The number of hydrogen-bond acceptors (Lipinski definition) is 4. The van der Waals surface area contributed by atoms with Gasteiger partial charge in [-0.3, -0.25) is 19.7 Å². The van der Waals surface area contributed by atoms with Crippen LogP contribution in [0.4, 0.5) is 17.1 Å². The molecular weight excluding hydrogens is 286 g/mol. The van der Waals surface area contributed by atoms with Crippen molar-refractivity contribution in [3.8, 4) is 0 Å². The molecule has 0 aliphatic rings. The van der Waals surface area contributed by atoms with Gasteiger partial charge in [-0.1, -0.05) is 0 Å². The van der Waals surface area contributed by atoms with Crippen molar-refractivity contribution in [3.05, 3.63) is 64.2 Å². The summed E-state index contributed by atoms with van der Waals surface area (Å²) >= 11 is 0. The molecule has 2 N–H and O–H groups in total. The predicted molar refractivity (Wildman–Crippen MR) is 81.8 cm³/mol. The number of carbonyl (C=O) groups excluding carboxylic acids is 2. The molecule has 0 fully saturated rings. The van der Waals surface area contributed by atoms with E-state index in [0.29, 0.717) is 16.9 Å². The highest BCUT2D eigenvalue weighted by atomic mass is 16.6. The van der Waals surface area contributed by atoms with E-state index in [2.05, 4.69) is 10.6 Å². The van der Waals surface area contributed by atoms with Gasteiger partial charge in [-0.25, -0.2) is 0 Å². The van der Waals surface area contributed by atoms with Gasteiger partial charge in [0.25, 0.3) is 11.6 Å². The fourth-order valence-corrected chi connectivity index (χ4v) is 1.78. The molecule has 7 nitrogen and oxygen atoms in total. The van der Waals surface area contributed by atoms with Gasteiger partial charge in [-0.2, -0.15) is 0 Å². The lowest BCUT2D eigenvalue weighted by atomic mass is 10.2. The Bertz CT molecular complexity index is 709. The minimum absolute atomic E-state index is 0.0438. The Labute approximate surface area is 126 Å². The van der Waals surface area contributed by atoms with Crippen molar-refractivity contribution >= 4 is 28.9 Å². The number of nitro groups is 1. The first-order valence-corrected chi connectivity index (χ1v) is 6.39. The maximum atomic E-state index is 12.0. The van der Waals surface area contributed by atoms with Crippen molar-refractivity contribution in [2.24, 2.45) is 0 Å². The number of amides is 2. The van der Waals surface area contributed by atoms with Gasteiger partial charge >= 0.3 is 0 Å². The van der Waals surface area contributed by atoms with E-state index in [1.54, 1.807) is 24.3 Å². The van der Waals surface area contributed by atoms with Crippen LogP contribution in [0.25, 0.3) is 0 Å². The lowest BCUT2D eigenvalue weighted by Gasteiger charge is -2.06. The van der Waals surface area contributed by atoms with E-state index in [4.69, 9.17) is 0 Å². The first-order valence-electron chi connectivity index (χ1n) is 6.39. The number of nitrogens with one attached hydrogen (secondary N) is 2. The van der Waals surface area contributed by atoms with Crippen LogP contribution in [0.3, 0.4) is 0 Å². The van der Waals surface area contributed by atoms with Crippen molar-refractivity contribution in [2.45, 2.75) is 6.92 Å². The average Bonchev–Trinajstić information content (AvgIpc) is 2.48. The summed E-state index contributed by atoms with van der Waals surface area (Å²) in [5, 5.41) is 15.8. The highest BCUT2D eigenvalue weighted by molar-refractivity contribution is 6.04. The molecule has 2 aromatic carbocycles. The molecule has 0 unspecified atom stereocenters. The lowest BCUT2D eigenvalue weighted by molar-refractivity contribution is -0.384. The monoisotopic (exact) mass is 299 g/mol. The van der Waals surface area contributed by atoms with E-state index >= 15 is 0 Å². The van der Waals surface area contributed by atoms with E-state index < -0.39 is 4.92 Å². The van der Waals surface area contributed by atoms with Gasteiger partial charge in [0.1, 0.15) is 0 Å². The molecule has 2 rings (SSSR count). The third-order valence-corrected chi connectivity index (χ3v) is 2.80. The number of nitrogens with zero attached hydrogens (tertiary/aromatic N) is 1. The summed E-state index contributed by atoms with van der Waals surface area (Å²) in [6.45, 7) is 1.40. The largest absolute Gasteiger partial charge is 0.326 e. The Morgan fingerprint density at radius 3 is 1.91 bits per heavy atom. The minimum Gasteiger partial charge on any atom is -0.326 e. The van der Waals surface area contributed by atoms with Crippen LogP contribution in [0, 0.1) is 10.1 Å². The van der Waals surface area contributed by atoms with E-state index in [1.807, 2.05) is 0 Å². The topological polar surface area (TPSA) is 101 Å². The Morgan fingerprint density at radius 1 is 0.909 bits per heavy atom. The molecule has 0 saturated carbocycles. The molecule has 0 atom stereocenters. The van der Waals surface area contributed by atoms with E-state index in [0.717, 1.165) is 0 Å². The first kappa shape index (κ1) is 15.2. The van der Waals surface area contributed by atoms with Crippen LogP contribution in [0.15, 0.2) is 48.5 Å². The van der Waals surface area contributed by atoms with Gasteiger partial charge in [0.2, 0.25) is 5.91 Å². The van der Waals surface area contributed by atoms with Gasteiger partial charge in [-0.15, -0.1) is 0 Å². The molecule has 0 spiro atoms. The smallest absolute Gasteiger partial charge is 0.269 e. The van der Waals surface area contributed by atoms with E-state index in [1.165, 1.54) is 31.2 Å². The van der Waals surface area contributed by atoms with Crippen molar-refractivity contribution in [2.75, 3.05) is 10.6 Å². The van der Waals surface area contributed by atoms with Crippen molar-refractivity contribution in [3.63, 3.8) is 0 Å². The number of hydrogen-bond donors (Lipinski definition) is 2. The van der Waals surface area contributed by atoms with Crippen LogP contribution < -0.4 is 10.6 Å². The van der Waals surface area contributed by atoms with Gasteiger partial charge in [0.15, 0.2) is 0 Å². The quantitative estimate of drug-likeness (QED) is 0.669. The maximum absolute atomic E-state index is 12.0. The number of rotatable bonds is 4. The van der Waals surface area contributed by atoms with Gasteiger partial charge in [-0.05, 0) is 36.4 Å². The number of carbonyl (C=O) groups is 2. The third kappa shape index (κ3) is 3.89. The zero-order chi connectivity index (χ0) is 16.1. The fourth-order valence-electron chi connectivity index (χ4n) is 1.78. The van der Waals surface area contributed by atoms with Crippen molar-refractivity contribution in [1.82, 2.24) is 0 Å². The summed E-state index contributed by atoms with van der Waals surface area (Å²) < 4.78 is 0. The molecule has 0 aromatic heterocycles. The molecule has 0 aliphatic heterocycles. The number of nitro benzene ring substituents is 1. The summed E-state index contributed by atoms with van der Waals surface area (Å²) in [5.41, 5.74) is 1.42. The summed E-state index contributed by atoms with van der Waals surface area (Å²) in [7, 11) is 0. The fraction of sp³-hybridized carbons (Fsp3) is 0.0667. The SMILES string of the molecule is CC(=O)Nc1ccc(C(=O)Nc2ccc([N+](=O)[O-])cc2)cc1. The second-order valence-electron chi connectivity index (χ2n) is 4.52. The molecule has 7 heteroatoms. The molecule has 2 aromatic rings. The van der Waals surface area contributed by atoms with Crippen LogP contribution in [0.2, 0.25) is 0 Å². The summed E-state index contributed by atoms with van der Waals surface area (Å²) in [5.74, 6) is -0.536. The van der Waals surface area contributed by atoms with E-state index in [-0.39, 0.29) is 17.5 Å². The van der Waals surface area contributed by atoms with Gasteiger partial charge in [0, 0.05) is 36.0 Å². The normalized spacial score (nSPS) is 9.86. The predicted octanol–water partition coefficient (Wildman–Crippen LogP) is 2.81. The Hall–Kier alpha value is -3.22. The Kier molecular flexibility index (Phi) is 4.47. The average molecular weight is 299 g/mol. The molecule has 2 amide bonds. The van der Waals surface area contributed by atoms with Gasteiger partial charge in [0.05, 0.1) is 4.92 Å². The molecule has 112 valence electrons. The summed E-state index contributed by atoms with van der Waals surface area (Å²) in [6.07, 6.45) is 0. The molecular formula is C15H13N3O4. The molecule has 0 radical (unpaired) electrons. The van der Waals surface area contributed by atoms with Crippen molar-refractivity contribution < 1.29 is 14.5 Å². The summed E-state index contributed by atoms with van der Waals surface area (Å²) in [6, 6.07) is 11.9. The second kappa shape index (κ2) is 6.49. The third-order valence-electron chi connectivity index (χ3n) is 2.80. The number of anilines is 2. The van der Waals surface area contributed by atoms with Gasteiger partial charge < -0.3 is 10.6 Å². The number of benzene rings is 2. The Balaban J connectivity index is 2.05. The molecule has 0 saturated heterocycles. The van der Waals surface area contributed by atoms with Crippen molar-refractivity contribution in [1.29, 1.82) is 0 Å². The maximum Gasteiger partial charge on any atom is 0.269 e. The molecule has 22 heavy (non-hydrogen) atoms. The van der Waals surface area contributed by atoms with Crippen LogP contribution in [0.1, 0.15) is 17.3 Å². The zero-order valence-electron chi connectivity index (χ0n) is 11.7. The zero-order valence-corrected chi connectivity index (χ0v) is 11.7. The highest BCUT2D eigenvalue weighted by Gasteiger charge is 2.08. The van der Waals surface area contributed by atoms with Crippen LogP contribution in [-0.4, -0.2) is 16.7 Å². The second-order valence-corrected chi connectivity index (χ2v) is 4.52. The first-order chi connectivity index (χ1) is 10.5. The molecule has 0 bridgehead atoms. The lowest BCUT2D eigenvalue weighted by Crippen LogP contribution is -2.12. The van der Waals surface area contributed by atoms with Crippen LogP contribution in [-0.2, 0) is 4.79 Å². The molecule has 0 heterocycles.